The Balaban J connectivity index is 1.61. The number of aromatic nitrogens is 1. The van der Waals surface area contributed by atoms with Crippen molar-refractivity contribution in [2.24, 2.45) is 5.92 Å². The van der Waals surface area contributed by atoms with Crippen LogP contribution in [0.1, 0.15) is 35.8 Å². The number of carbonyl (C=O) groups excluding carboxylic acids is 1. The van der Waals surface area contributed by atoms with Crippen LogP contribution in [0.15, 0.2) is 29.6 Å². The van der Waals surface area contributed by atoms with Crippen molar-refractivity contribution >= 4 is 22.4 Å². The van der Waals surface area contributed by atoms with Crippen LogP contribution in [0.4, 0.5) is 5.13 Å². The van der Waals surface area contributed by atoms with Crippen LogP contribution in [-0.2, 0) is 6.54 Å². The van der Waals surface area contributed by atoms with Crippen molar-refractivity contribution < 1.29 is 9.90 Å². The summed E-state index contributed by atoms with van der Waals surface area (Å²) in [7, 11) is 0. The van der Waals surface area contributed by atoms with E-state index in [0.717, 1.165) is 31.2 Å². The highest BCUT2D eigenvalue weighted by Gasteiger charge is 2.18. The van der Waals surface area contributed by atoms with E-state index >= 15 is 0 Å². The largest absolute Gasteiger partial charge is 0.507 e. The Hall–Kier alpha value is -1.92. The number of phenolic OH excluding ortho intramolecular Hbond substituents is 1. The third kappa shape index (κ3) is 4.09. The number of benzene rings is 1. The second kappa shape index (κ2) is 7.10. The second-order valence-corrected chi connectivity index (χ2v) is 6.96. The molecule has 1 unspecified atom stereocenters. The van der Waals surface area contributed by atoms with E-state index in [9.17, 15) is 9.90 Å². The molecule has 2 heterocycles. The lowest BCUT2D eigenvalue weighted by molar-refractivity contribution is 0.102. The molecule has 1 aromatic heterocycles. The first-order valence-electron chi connectivity index (χ1n) is 7.88. The molecular weight excluding hydrogens is 310 g/mol. The van der Waals surface area contributed by atoms with E-state index in [1.54, 1.807) is 18.2 Å². The molecule has 2 N–H and O–H groups in total. The van der Waals surface area contributed by atoms with Gasteiger partial charge in [0.15, 0.2) is 5.13 Å². The zero-order valence-electron chi connectivity index (χ0n) is 13.2. The van der Waals surface area contributed by atoms with E-state index in [0.29, 0.717) is 5.13 Å². The minimum atomic E-state index is -0.337. The fourth-order valence-electron chi connectivity index (χ4n) is 2.93. The Labute approximate surface area is 140 Å². The lowest BCUT2D eigenvalue weighted by Crippen LogP contribution is -2.33. The maximum Gasteiger partial charge on any atom is 0.261 e. The minimum absolute atomic E-state index is 0.0240. The molecule has 122 valence electrons. The number of nitrogens with one attached hydrogen (secondary N) is 1. The number of carbonyl (C=O) groups is 1. The van der Waals surface area contributed by atoms with Crippen LogP contribution in [0.3, 0.4) is 0 Å². The maximum atomic E-state index is 12.2. The van der Waals surface area contributed by atoms with E-state index in [1.807, 2.05) is 5.38 Å². The number of phenols is 1. The van der Waals surface area contributed by atoms with Crippen LogP contribution in [0.2, 0.25) is 0 Å². The van der Waals surface area contributed by atoms with E-state index in [2.05, 4.69) is 22.1 Å². The molecule has 3 rings (SSSR count). The minimum Gasteiger partial charge on any atom is -0.507 e. The number of hydrogen-bond acceptors (Lipinski definition) is 5. The molecule has 1 saturated heterocycles. The summed E-state index contributed by atoms with van der Waals surface area (Å²) in [4.78, 5) is 19.1. The summed E-state index contributed by atoms with van der Waals surface area (Å²) in [5.74, 6) is 0.377. The standard InChI is InChI=1S/C17H21N3O2S/c1-12-5-4-8-20(9-12)10-13-11-23-17(18-13)19-16(22)14-6-2-3-7-15(14)21/h2-3,6-7,11-12,21H,4-5,8-10H2,1H3,(H,18,19,22). The molecule has 1 aromatic carbocycles. The van der Waals surface area contributed by atoms with Gasteiger partial charge in [-0.05, 0) is 37.4 Å². The number of rotatable bonds is 4. The third-order valence-electron chi connectivity index (χ3n) is 4.05. The first-order valence-corrected chi connectivity index (χ1v) is 8.76. The van der Waals surface area contributed by atoms with Gasteiger partial charge in [-0.1, -0.05) is 19.1 Å². The summed E-state index contributed by atoms with van der Waals surface area (Å²) in [6.07, 6.45) is 2.54. The molecule has 1 atom stereocenters. The van der Waals surface area contributed by atoms with Crippen molar-refractivity contribution in [2.75, 3.05) is 18.4 Å². The average molecular weight is 331 g/mol. The van der Waals surface area contributed by atoms with Gasteiger partial charge in [0.05, 0.1) is 11.3 Å². The number of piperidine rings is 1. The van der Waals surface area contributed by atoms with Crippen LogP contribution in [0.5, 0.6) is 5.75 Å². The van der Waals surface area contributed by atoms with Crippen molar-refractivity contribution in [3.05, 3.63) is 40.9 Å². The molecule has 0 spiro atoms. The predicted molar refractivity (Wildman–Crippen MR) is 91.8 cm³/mol. The van der Waals surface area contributed by atoms with E-state index < -0.39 is 0 Å². The predicted octanol–water partition coefficient (Wildman–Crippen LogP) is 3.33. The first kappa shape index (κ1) is 16.0. The maximum absolute atomic E-state index is 12.2. The number of thiazole rings is 1. The van der Waals surface area contributed by atoms with Gasteiger partial charge in [-0.15, -0.1) is 11.3 Å². The lowest BCUT2D eigenvalue weighted by atomic mass is 10.0. The Morgan fingerprint density at radius 3 is 3.09 bits per heavy atom. The van der Waals surface area contributed by atoms with Crippen molar-refractivity contribution in [3.63, 3.8) is 0 Å². The smallest absolute Gasteiger partial charge is 0.261 e. The van der Waals surface area contributed by atoms with Crippen molar-refractivity contribution in [1.29, 1.82) is 0 Å². The summed E-state index contributed by atoms with van der Waals surface area (Å²) in [6.45, 7) is 5.33. The van der Waals surface area contributed by atoms with Gasteiger partial charge >= 0.3 is 0 Å². The number of hydrogen-bond donors (Lipinski definition) is 2. The highest BCUT2D eigenvalue weighted by molar-refractivity contribution is 7.14. The van der Waals surface area contributed by atoms with E-state index in [4.69, 9.17) is 0 Å². The topological polar surface area (TPSA) is 65.5 Å². The van der Waals surface area contributed by atoms with Crippen LogP contribution in [0.25, 0.3) is 0 Å². The molecule has 2 aromatic rings. The number of anilines is 1. The van der Waals surface area contributed by atoms with Crippen LogP contribution in [0, 0.1) is 5.92 Å². The highest BCUT2D eigenvalue weighted by Crippen LogP contribution is 2.22. The zero-order valence-corrected chi connectivity index (χ0v) is 14.0. The van der Waals surface area contributed by atoms with Gasteiger partial charge in [-0.2, -0.15) is 0 Å². The summed E-state index contributed by atoms with van der Waals surface area (Å²) >= 11 is 1.42. The molecule has 1 amide bonds. The van der Waals surface area contributed by atoms with Crippen LogP contribution >= 0.6 is 11.3 Å². The Bertz CT molecular complexity index is 686. The molecule has 1 aliphatic heterocycles. The highest BCUT2D eigenvalue weighted by atomic mass is 32.1. The molecule has 6 heteroatoms. The summed E-state index contributed by atoms with van der Waals surface area (Å²) in [5.41, 5.74) is 1.24. The van der Waals surface area contributed by atoms with Crippen LogP contribution < -0.4 is 5.32 Å². The number of likely N-dealkylation sites (tertiary alicyclic amines) is 1. The molecular formula is C17H21N3O2S. The van der Waals surface area contributed by atoms with Gasteiger partial charge in [0.1, 0.15) is 5.75 Å². The van der Waals surface area contributed by atoms with Crippen molar-refractivity contribution in [2.45, 2.75) is 26.3 Å². The molecule has 5 nitrogen and oxygen atoms in total. The molecule has 0 radical (unpaired) electrons. The molecule has 0 aliphatic carbocycles. The normalized spacial score (nSPS) is 18.7. The first-order chi connectivity index (χ1) is 11.1. The lowest BCUT2D eigenvalue weighted by Gasteiger charge is -2.30. The molecule has 23 heavy (non-hydrogen) atoms. The average Bonchev–Trinajstić information content (AvgIpc) is 2.94. The Morgan fingerprint density at radius 1 is 1.48 bits per heavy atom. The number of nitrogens with zero attached hydrogens (tertiary/aromatic N) is 2. The quantitative estimate of drug-likeness (QED) is 0.902. The van der Waals surface area contributed by atoms with E-state index in [1.165, 1.54) is 30.2 Å². The van der Waals surface area contributed by atoms with Crippen molar-refractivity contribution in [3.8, 4) is 5.75 Å². The summed E-state index contributed by atoms with van der Waals surface area (Å²) in [5, 5.41) is 15.0. The number of amides is 1. The fourth-order valence-corrected chi connectivity index (χ4v) is 3.62. The monoisotopic (exact) mass is 331 g/mol. The van der Waals surface area contributed by atoms with Gasteiger partial charge in [-0.3, -0.25) is 15.0 Å². The van der Waals surface area contributed by atoms with Gasteiger partial charge in [0, 0.05) is 18.5 Å². The van der Waals surface area contributed by atoms with Crippen LogP contribution in [-0.4, -0.2) is 34.0 Å². The molecule has 0 bridgehead atoms. The SMILES string of the molecule is CC1CCCN(Cc2csc(NC(=O)c3ccccc3O)n2)C1. The molecule has 0 saturated carbocycles. The summed E-state index contributed by atoms with van der Waals surface area (Å²) < 4.78 is 0. The van der Waals surface area contributed by atoms with Gasteiger partial charge < -0.3 is 5.11 Å². The van der Waals surface area contributed by atoms with Gasteiger partial charge in [0.2, 0.25) is 0 Å². The number of para-hydroxylation sites is 1. The molecule has 1 fully saturated rings. The Kier molecular flexibility index (Phi) is 4.93. The second-order valence-electron chi connectivity index (χ2n) is 6.10. The third-order valence-corrected chi connectivity index (χ3v) is 4.85. The van der Waals surface area contributed by atoms with Gasteiger partial charge in [0.25, 0.3) is 5.91 Å². The van der Waals surface area contributed by atoms with Gasteiger partial charge in [-0.25, -0.2) is 4.98 Å². The fraction of sp³-hybridized carbons (Fsp3) is 0.412. The van der Waals surface area contributed by atoms with Crippen molar-refractivity contribution in [1.82, 2.24) is 9.88 Å². The van der Waals surface area contributed by atoms with E-state index in [-0.39, 0.29) is 17.2 Å². The summed E-state index contributed by atoms with van der Waals surface area (Å²) in [6, 6.07) is 6.50. The molecule has 1 aliphatic rings. The number of aromatic hydroxyl groups is 1. The Morgan fingerprint density at radius 2 is 2.30 bits per heavy atom. The zero-order chi connectivity index (χ0) is 16.2.